The van der Waals surface area contributed by atoms with E-state index in [1.807, 2.05) is 12.1 Å². The van der Waals surface area contributed by atoms with E-state index in [1.54, 1.807) is 25.3 Å². The number of nitrogens with two attached hydrogens (primary N) is 1. The molecule has 0 aliphatic heterocycles. The molecule has 0 bridgehead atoms. The molecule has 96 valence electrons. The Morgan fingerprint density at radius 2 is 2.06 bits per heavy atom. The van der Waals surface area contributed by atoms with E-state index in [2.05, 4.69) is 0 Å². The van der Waals surface area contributed by atoms with Gasteiger partial charge in [-0.05, 0) is 53.9 Å². The van der Waals surface area contributed by atoms with E-state index in [9.17, 15) is 0 Å². The summed E-state index contributed by atoms with van der Waals surface area (Å²) in [6, 6.07) is 8.59. The Morgan fingerprint density at radius 3 is 2.67 bits per heavy atom. The molecule has 2 rings (SSSR count). The lowest BCUT2D eigenvalue weighted by Gasteiger charge is -2.12. The minimum atomic E-state index is -0.287. The third kappa shape index (κ3) is 2.99. The number of methoxy groups -OCH3 is 1. The van der Waals surface area contributed by atoms with Crippen LogP contribution in [0.1, 0.15) is 17.4 Å². The van der Waals surface area contributed by atoms with Gasteiger partial charge in [-0.1, -0.05) is 11.6 Å². The lowest BCUT2D eigenvalue weighted by molar-refractivity contribution is 0.404. The second-order valence-electron chi connectivity index (χ2n) is 3.91. The smallest absolute Gasteiger partial charge is 0.193 e. The molecule has 18 heavy (non-hydrogen) atoms. The van der Waals surface area contributed by atoms with E-state index in [4.69, 9.17) is 38.1 Å². The molecule has 5 heteroatoms. The predicted molar refractivity (Wildman–Crippen MR) is 72.4 cm³/mol. The molecule has 3 nitrogen and oxygen atoms in total. The Kier molecular flexibility index (Phi) is 4.17. The van der Waals surface area contributed by atoms with Crippen LogP contribution in [0.4, 0.5) is 0 Å². The number of benzene rings is 1. The molecule has 0 aliphatic carbocycles. The summed E-state index contributed by atoms with van der Waals surface area (Å²) >= 11 is 11.7. The maximum Gasteiger partial charge on any atom is 0.193 e. The highest BCUT2D eigenvalue weighted by Gasteiger charge is 2.14. The molecular weight excluding hydrogens is 273 g/mol. The van der Waals surface area contributed by atoms with Crippen molar-refractivity contribution in [2.45, 2.75) is 12.5 Å². The SMILES string of the molecule is COc1ccc(Cl)cc1CC(N)c1ccc(Cl)o1. The van der Waals surface area contributed by atoms with Crippen LogP contribution in [0.2, 0.25) is 10.2 Å². The topological polar surface area (TPSA) is 48.4 Å². The van der Waals surface area contributed by atoms with Crippen LogP contribution in [0.3, 0.4) is 0 Å². The summed E-state index contributed by atoms with van der Waals surface area (Å²) in [5.74, 6) is 1.40. The van der Waals surface area contributed by atoms with Gasteiger partial charge in [0.1, 0.15) is 11.5 Å². The molecule has 2 N–H and O–H groups in total. The fourth-order valence-electron chi connectivity index (χ4n) is 1.77. The van der Waals surface area contributed by atoms with E-state index in [0.29, 0.717) is 22.4 Å². The van der Waals surface area contributed by atoms with Gasteiger partial charge in [-0.15, -0.1) is 0 Å². The fourth-order valence-corrected chi connectivity index (χ4v) is 2.12. The van der Waals surface area contributed by atoms with Crippen molar-refractivity contribution in [1.82, 2.24) is 0 Å². The zero-order chi connectivity index (χ0) is 13.1. The van der Waals surface area contributed by atoms with Gasteiger partial charge in [-0.25, -0.2) is 0 Å². The monoisotopic (exact) mass is 285 g/mol. The molecule has 0 saturated carbocycles. The predicted octanol–water partition coefficient (Wildman–Crippen LogP) is 3.84. The van der Waals surface area contributed by atoms with E-state index in [1.165, 1.54) is 0 Å². The van der Waals surface area contributed by atoms with Crippen molar-refractivity contribution >= 4 is 23.2 Å². The second-order valence-corrected chi connectivity index (χ2v) is 4.72. The molecule has 1 atom stereocenters. The van der Waals surface area contributed by atoms with Gasteiger partial charge in [-0.3, -0.25) is 0 Å². The van der Waals surface area contributed by atoms with Gasteiger partial charge in [0.15, 0.2) is 5.22 Å². The molecule has 0 aliphatic rings. The summed E-state index contributed by atoms with van der Waals surface area (Å²) in [6.45, 7) is 0. The largest absolute Gasteiger partial charge is 0.496 e. The van der Waals surface area contributed by atoms with Gasteiger partial charge in [0.05, 0.1) is 13.2 Å². The standard InChI is InChI=1S/C13H13Cl2NO2/c1-17-11-3-2-9(14)6-8(11)7-10(16)12-4-5-13(15)18-12/h2-6,10H,7,16H2,1H3. The maximum atomic E-state index is 6.06. The zero-order valence-electron chi connectivity index (χ0n) is 9.82. The van der Waals surface area contributed by atoms with Crippen LogP contribution < -0.4 is 10.5 Å². The molecule has 0 amide bonds. The first-order valence-electron chi connectivity index (χ1n) is 5.43. The summed E-state index contributed by atoms with van der Waals surface area (Å²) in [7, 11) is 1.61. The molecule has 0 radical (unpaired) electrons. The van der Waals surface area contributed by atoms with Gasteiger partial charge in [0.2, 0.25) is 0 Å². The molecule has 0 fully saturated rings. The van der Waals surface area contributed by atoms with Gasteiger partial charge in [-0.2, -0.15) is 0 Å². The highest BCUT2D eigenvalue weighted by atomic mass is 35.5. The van der Waals surface area contributed by atoms with Crippen LogP contribution in [-0.2, 0) is 6.42 Å². The van der Waals surface area contributed by atoms with Gasteiger partial charge in [0, 0.05) is 5.02 Å². The first kappa shape index (κ1) is 13.3. The Labute approximate surface area is 115 Å². The number of hydrogen-bond donors (Lipinski definition) is 1. The zero-order valence-corrected chi connectivity index (χ0v) is 11.3. The van der Waals surface area contributed by atoms with E-state index >= 15 is 0 Å². The van der Waals surface area contributed by atoms with E-state index in [-0.39, 0.29) is 6.04 Å². The Balaban J connectivity index is 2.20. The van der Waals surface area contributed by atoms with Crippen LogP contribution in [0.5, 0.6) is 5.75 Å². The van der Waals surface area contributed by atoms with Crippen molar-refractivity contribution in [1.29, 1.82) is 0 Å². The van der Waals surface area contributed by atoms with Crippen molar-refractivity contribution < 1.29 is 9.15 Å². The molecule has 1 aromatic heterocycles. The van der Waals surface area contributed by atoms with Gasteiger partial charge >= 0.3 is 0 Å². The van der Waals surface area contributed by atoms with Crippen molar-refractivity contribution in [3.05, 3.63) is 51.9 Å². The molecule has 0 saturated heterocycles. The van der Waals surface area contributed by atoms with Crippen LogP contribution in [0.15, 0.2) is 34.7 Å². The maximum absolute atomic E-state index is 6.06. The van der Waals surface area contributed by atoms with Crippen molar-refractivity contribution in [3.8, 4) is 5.75 Å². The summed E-state index contributed by atoms with van der Waals surface area (Å²) in [5.41, 5.74) is 7.00. The van der Waals surface area contributed by atoms with E-state index in [0.717, 1.165) is 11.3 Å². The molecule has 1 heterocycles. The molecule has 1 unspecified atom stereocenters. The summed E-state index contributed by atoms with van der Waals surface area (Å²) in [5, 5.41) is 0.981. The lowest BCUT2D eigenvalue weighted by atomic mass is 10.0. The number of furan rings is 1. The Bertz CT molecular complexity index is 540. The normalized spacial score (nSPS) is 12.4. The first-order chi connectivity index (χ1) is 8.60. The lowest BCUT2D eigenvalue weighted by Crippen LogP contribution is -2.13. The average Bonchev–Trinajstić information content (AvgIpc) is 2.76. The molecular formula is C13H13Cl2NO2. The summed E-state index contributed by atoms with van der Waals surface area (Å²) in [6.07, 6.45) is 0.563. The first-order valence-corrected chi connectivity index (χ1v) is 6.19. The summed E-state index contributed by atoms with van der Waals surface area (Å²) < 4.78 is 10.6. The average molecular weight is 286 g/mol. The van der Waals surface area contributed by atoms with Crippen LogP contribution in [-0.4, -0.2) is 7.11 Å². The number of halogens is 2. The number of rotatable bonds is 4. The van der Waals surface area contributed by atoms with Gasteiger partial charge < -0.3 is 14.9 Å². The van der Waals surface area contributed by atoms with Crippen molar-refractivity contribution in [2.24, 2.45) is 5.73 Å². The minimum Gasteiger partial charge on any atom is -0.496 e. The van der Waals surface area contributed by atoms with Crippen molar-refractivity contribution in [2.75, 3.05) is 7.11 Å². The Hall–Kier alpha value is -1.16. The quantitative estimate of drug-likeness (QED) is 0.929. The van der Waals surface area contributed by atoms with Gasteiger partial charge in [0.25, 0.3) is 0 Å². The summed E-state index contributed by atoms with van der Waals surface area (Å²) in [4.78, 5) is 0. The molecule has 1 aromatic carbocycles. The van der Waals surface area contributed by atoms with Crippen LogP contribution in [0, 0.1) is 0 Å². The van der Waals surface area contributed by atoms with Crippen LogP contribution >= 0.6 is 23.2 Å². The highest BCUT2D eigenvalue weighted by Crippen LogP contribution is 2.28. The highest BCUT2D eigenvalue weighted by molar-refractivity contribution is 6.30. The third-order valence-corrected chi connectivity index (χ3v) is 3.08. The van der Waals surface area contributed by atoms with Crippen LogP contribution in [0.25, 0.3) is 0 Å². The van der Waals surface area contributed by atoms with E-state index < -0.39 is 0 Å². The Morgan fingerprint density at radius 1 is 1.28 bits per heavy atom. The number of hydrogen-bond acceptors (Lipinski definition) is 3. The molecule has 0 spiro atoms. The molecule has 2 aromatic rings. The van der Waals surface area contributed by atoms with Crippen molar-refractivity contribution in [3.63, 3.8) is 0 Å². The number of ether oxygens (including phenoxy) is 1. The fraction of sp³-hybridized carbons (Fsp3) is 0.231. The second kappa shape index (κ2) is 5.65. The minimum absolute atomic E-state index is 0.287. The third-order valence-electron chi connectivity index (χ3n) is 2.64.